The van der Waals surface area contributed by atoms with Crippen molar-refractivity contribution >= 4 is 15.7 Å². The Labute approximate surface area is 152 Å². The van der Waals surface area contributed by atoms with Crippen LogP contribution in [0.2, 0.25) is 0 Å². The molecule has 8 nitrogen and oxygen atoms in total. The highest BCUT2D eigenvalue weighted by molar-refractivity contribution is 7.91. The molecule has 2 aromatic rings. The molecular formula is C17H22N4O4S. The standard InChI is InChI=1S/C17H22N4O4S/c1-4-25-15-8-6-5-7-14(15)21-12(2)16(18-19-21)17(22)20(3)13-9-10-26(23,24)11-13/h5-8,13H,4,9-11H2,1-3H3/t13-/m0/s1. The van der Waals surface area contributed by atoms with Crippen molar-refractivity contribution in [1.82, 2.24) is 19.9 Å². The Morgan fingerprint density at radius 1 is 1.38 bits per heavy atom. The second-order valence-corrected chi connectivity index (χ2v) is 8.54. The number of amides is 1. The van der Waals surface area contributed by atoms with E-state index in [0.717, 1.165) is 0 Å². The molecule has 1 saturated heterocycles. The van der Waals surface area contributed by atoms with E-state index in [4.69, 9.17) is 4.74 Å². The number of aromatic nitrogens is 3. The van der Waals surface area contributed by atoms with Crippen molar-refractivity contribution in [3.05, 3.63) is 35.7 Å². The van der Waals surface area contributed by atoms with Crippen LogP contribution in [0.15, 0.2) is 24.3 Å². The van der Waals surface area contributed by atoms with E-state index in [2.05, 4.69) is 10.3 Å². The third-order valence-corrected chi connectivity index (χ3v) is 6.32. The zero-order valence-electron chi connectivity index (χ0n) is 15.0. The monoisotopic (exact) mass is 378 g/mol. The summed E-state index contributed by atoms with van der Waals surface area (Å²) in [5.41, 5.74) is 1.49. The average Bonchev–Trinajstić information content (AvgIpc) is 3.17. The fourth-order valence-electron chi connectivity index (χ4n) is 3.08. The molecule has 1 amide bonds. The zero-order valence-corrected chi connectivity index (χ0v) is 15.9. The van der Waals surface area contributed by atoms with E-state index in [1.54, 1.807) is 18.7 Å². The summed E-state index contributed by atoms with van der Waals surface area (Å²) in [4.78, 5) is 14.3. The first-order chi connectivity index (χ1) is 12.3. The van der Waals surface area contributed by atoms with Crippen molar-refractivity contribution < 1.29 is 17.9 Å². The number of benzene rings is 1. The maximum Gasteiger partial charge on any atom is 0.276 e. The number of hydrogen-bond acceptors (Lipinski definition) is 6. The minimum Gasteiger partial charge on any atom is -0.492 e. The number of carbonyl (C=O) groups excluding carboxylic acids is 1. The molecule has 0 N–H and O–H groups in total. The van der Waals surface area contributed by atoms with E-state index < -0.39 is 9.84 Å². The second kappa shape index (κ2) is 7.06. The van der Waals surface area contributed by atoms with Crippen LogP contribution in [-0.2, 0) is 9.84 Å². The fourth-order valence-corrected chi connectivity index (χ4v) is 4.85. The van der Waals surface area contributed by atoms with Crippen molar-refractivity contribution in [3.8, 4) is 11.4 Å². The van der Waals surface area contributed by atoms with Crippen molar-refractivity contribution in [2.75, 3.05) is 25.2 Å². The van der Waals surface area contributed by atoms with Gasteiger partial charge in [-0.3, -0.25) is 4.79 Å². The number of para-hydroxylation sites is 2. The Bertz CT molecular complexity index is 923. The molecular weight excluding hydrogens is 356 g/mol. The van der Waals surface area contributed by atoms with E-state index in [9.17, 15) is 13.2 Å². The summed E-state index contributed by atoms with van der Waals surface area (Å²) in [5, 5.41) is 8.15. The van der Waals surface area contributed by atoms with Gasteiger partial charge in [0.2, 0.25) is 0 Å². The van der Waals surface area contributed by atoms with Crippen molar-refractivity contribution in [2.24, 2.45) is 0 Å². The maximum absolute atomic E-state index is 12.8. The molecule has 0 aliphatic carbocycles. The molecule has 1 aliphatic rings. The molecule has 140 valence electrons. The van der Waals surface area contributed by atoms with Crippen LogP contribution in [0.4, 0.5) is 0 Å². The van der Waals surface area contributed by atoms with E-state index in [1.807, 2.05) is 31.2 Å². The van der Waals surface area contributed by atoms with Crippen molar-refractivity contribution in [2.45, 2.75) is 26.3 Å². The molecule has 0 unspecified atom stereocenters. The minimum atomic E-state index is -3.07. The number of rotatable bonds is 5. The quantitative estimate of drug-likeness (QED) is 0.777. The third-order valence-electron chi connectivity index (χ3n) is 4.57. The minimum absolute atomic E-state index is 0.00437. The van der Waals surface area contributed by atoms with Gasteiger partial charge in [-0.1, -0.05) is 17.3 Å². The summed E-state index contributed by atoms with van der Waals surface area (Å²) in [5.74, 6) is 0.431. The van der Waals surface area contributed by atoms with Gasteiger partial charge >= 0.3 is 0 Å². The molecule has 0 bridgehead atoms. The molecule has 1 fully saturated rings. The number of nitrogens with zero attached hydrogens (tertiary/aromatic N) is 4. The van der Waals surface area contributed by atoms with Gasteiger partial charge in [-0.05, 0) is 32.4 Å². The molecule has 3 rings (SSSR count). The van der Waals surface area contributed by atoms with E-state index in [0.29, 0.717) is 30.2 Å². The molecule has 1 aromatic heterocycles. The molecule has 26 heavy (non-hydrogen) atoms. The summed E-state index contributed by atoms with van der Waals surface area (Å²) in [7, 11) is -1.46. The van der Waals surface area contributed by atoms with Gasteiger partial charge in [0.25, 0.3) is 5.91 Å². The zero-order chi connectivity index (χ0) is 18.9. The van der Waals surface area contributed by atoms with Crippen LogP contribution in [0, 0.1) is 6.92 Å². The SMILES string of the molecule is CCOc1ccccc1-n1nnc(C(=O)N(C)[C@H]2CCS(=O)(=O)C2)c1C. The number of hydrogen-bond donors (Lipinski definition) is 0. The smallest absolute Gasteiger partial charge is 0.276 e. The predicted octanol–water partition coefficient (Wildman–Crippen LogP) is 1.23. The van der Waals surface area contributed by atoms with Crippen LogP contribution < -0.4 is 4.74 Å². The van der Waals surface area contributed by atoms with Crippen LogP contribution in [0.25, 0.3) is 5.69 Å². The van der Waals surface area contributed by atoms with Gasteiger partial charge in [-0.2, -0.15) is 0 Å². The first-order valence-corrected chi connectivity index (χ1v) is 10.3. The molecule has 1 aliphatic heterocycles. The topological polar surface area (TPSA) is 94.4 Å². The van der Waals surface area contributed by atoms with Gasteiger partial charge in [-0.15, -0.1) is 5.10 Å². The van der Waals surface area contributed by atoms with Crippen molar-refractivity contribution in [1.29, 1.82) is 0 Å². The highest BCUT2D eigenvalue weighted by Gasteiger charge is 2.34. The molecule has 2 heterocycles. The maximum atomic E-state index is 12.8. The van der Waals surface area contributed by atoms with Gasteiger partial charge in [0.05, 0.1) is 23.8 Å². The lowest BCUT2D eigenvalue weighted by Crippen LogP contribution is -2.38. The van der Waals surface area contributed by atoms with Crippen LogP contribution >= 0.6 is 0 Å². The Morgan fingerprint density at radius 3 is 2.77 bits per heavy atom. The number of sulfone groups is 1. The van der Waals surface area contributed by atoms with E-state index >= 15 is 0 Å². The summed E-state index contributed by atoms with van der Waals surface area (Å²) < 4.78 is 30.5. The highest BCUT2D eigenvalue weighted by Crippen LogP contribution is 2.25. The molecule has 0 radical (unpaired) electrons. The molecule has 1 aromatic carbocycles. The van der Waals surface area contributed by atoms with Crippen LogP contribution in [-0.4, -0.2) is 65.4 Å². The average molecular weight is 378 g/mol. The summed E-state index contributed by atoms with van der Waals surface area (Å²) in [6.07, 6.45) is 0.449. The Morgan fingerprint density at radius 2 is 2.12 bits per heavy atom. The van der Waals surface area contributed by atoms with Gasteiger partial charge in [0.15, 0.2) is 15.5 Å². The third kappa shape index (κ3) is 3.44. The number of carbonyl (C=O) groups is 1. The number of ether oxygens (including phenoxy) is 1. The Hall–Kier alpha value is -2.42. The van der Waals surface area contributed by atoms with Gasteiger partial charge in [0, 0.05) is 13.1 Å². The first-order valence-electron chi connectivity index (χ1n) is 8.46. The summed E-state index contributed by atoms with van der Waals surface area (Å²) in [6.45, 7) is 4.16. The lowest BCUT2D eigenvalue weighted by molar-refractivity contribution is 0.0741. The van der Waals surface area contributed by atoms with Gasteiger partial charge in [0.1, 0.15) is 11.4 Å². The second-order valence-electron chi connectivity index (χ2n) is 6.31. The van der Waals surface area contributed by atoms with Crippen LogP contribution in [0.5, 0.6) is 5.75 Å². The summed E-state index contributed by atoms with van der Waals surface area (Å²) >= 11 is 0. The molecule has 1 atom stereocenters. The Balaban J connectivity index is 1.89. The first kappa shape index (κ1) is 18.4. The molecule has 0 saturated carbocycles. The highest BCUT2D eigenvalue weighted by atomic mass is 32.2. The normalized spacial score (nSPS) is 18.7. The van der Waals surface area contributed by atoms with Gasteiger partial charge < -0.3 is 9.64 Å². The van der Waals surface area contributed by atoms with Crippen LogP contribution in [0.3, 0.4) is 0 Å². The Kier molecular flexibility index (Phi) is 4.99. The molecule has 0 spiro atoms. The fraction of sp³-hybridized carbons (Fsp3) is 0.471. The predicted molar refractivity (Wildman–Crippen MR) is 96.4 cm³/mol. The van der Waals surface area contributed by atoms with E-state index in [-0.39, 0.29) is 29.1 Å². The summed E-state index contributed by atoms with van der Waals surface area (Å²) in [6, 6.07) is 7.06. The van der Waals surface area contributed by atoms with E-state index in [1.165, 1.54) is 4.90 Å². The lowest BCUT2D eigenvalue weighted by atomic mass is 10.2. The van der Waals surface area contributed by atoms with Gasteiger partial charge in [-0.25, -0.2) is 13.1 Å². The lowest BCUT2D eigenvalue weighted by Gasteiger charge is -2.22. The van der Waals surface area contributed by atoms with Crippen molar-refractivity contribution in [3.63, 3.8) is 0 Å². The molecule has 9 heteroatoms. The largest absolute Gasteiger partial charge is 0.492 e. The van der Waals surface area contributed by atoms with Crippen LogP contribution in [0.1, 0.15) is 29.5 Å².